The molecule has 1 N–H and O–H groups in total. The molecule has 1 saturated heterocycles. The molecular formula is C12H20N2O2S2. The Labute approximate surface area is 113 Å². The first-order chi connectivity index (χ1) is 8.51. The Balaban J connectivity index is 1.90. The molecule has 1 aliphatic rings. The van der Waals surface area contributed by atoms with Crippen molar-refractivity contribution in [2.75, 3.05) is 26.2 Å². The second-order valence-electron chi connectivity index (χ2n) is 4.76. The number of rotatable bonds is 5. The van der Waals surface area contributed by atoms with Crippen molar-refractivity contribution in [3.05, 3.63) is 17.0 Å². The second kappa shape index (κ2) is 5.69. The molecule has 18 heavy (non-hydrogen) atoms. The molecule has 0 amide bonds. The predicted octanol–water partition coefficient (Wildman–Crippen LogP) is 1.68. The zero-order valence-corrected chi connectivity index (χ0v) is 12.5. The number of sulfonamides is 1. The average Bonchev–Trinajstić information content (AvgIpc) is 2.95. The first-order valence-corrected chi connectivity index (χ1v) is 8.59. The molecule has 1 fully saturated rings. The van der Waals surface area contributed by atoms with E-state index in [1.54, 1.807) is 6.07 Å². The molecule has 4 nitrogen and oxygen atoms in total. The highest BCUT2D eigenvalue weighted by Crippen LogP contribution is 2.21. The van der Waals surface area contributed by atoms with Gasteiger partial charge in [0.05, 0.1) is 0 Å². The SMILES string of the molecule is CCN1CCC(CNS(=O)(=O)c2ccc(C)s2)C1. The molecule has 0 saturated carbocycles. The Morgan fingerprint density at radius 3 is 2.83 bits per heavy atom. The van der Waals surface area contributed by atoms with Crippen molar-refractivity contribution < 1.29 is 8.42 Å². The lowest BCUT2D eigenvalue weighted by atomic mass is 10.1. The second-order valence-corrected chi connectivity index (χ2v) is 8.05. The van der Waals surface area contributed by atoms with E-state index in [0.717, 1.165) is 30.9 Å². The van der Waals surface area contributed by atoms with Gasteiger partial charge in [-0.2, -0.15) is 0 Å². The minimum Gasteiger partial charge on any atom is -0.303 e. The van der Waals surface area contributed by atoms with Gasteiger partial charge in [0.15, 0.2) is 0 Å². The van der Waals surface area contributed by atoms with E-state index in [1.807, 2.05) is 13.0 Å². The Bertz CT molecular complexity index is 496. The van der Waals surface area contributed by atoms with Crippen molar-refractivity contribution in [1.29, 1.82) is 0 Å². The van der Waals surface area contributed by atoms with Crippen molar-refractivity contribution in [3.8, 4) is 0 Å². The smallest absolute Gasteiger partial charge is 0.250 e. The standard InChI is InChI=1S/C12H20N2O2S2/c1-3-14-7-6-11(9-14)8-13-18(15,16)12-5-4-10(2)17-12/h4-5,11,13H,3,6-9H2,1-2H3. The van der Waals surface area contributed by atoms with Crippen LogP contribution in [0.2, 0.25) is 0 Å². The first kappa shape index (κ1) is 14.0. The summed E-state index contributed by atoms with van der Waals surface area (Å²) in [6.07, 6.45) is 1.08. The van der Waals surface area contributed by atoms with Gasteiger partial charge in [0.1, 0.15) is 4.21 Å². The van der Waals surface area contributed by atoms with Crippen molar-refractivity contribution in [1.82, 2.24) is 9.62 Å². The summed E-state index contributed by atoms with van der Waals surface area (Å²) in [6.45, 7) is 7.74. The van der Waals surface area contributed by atoms with E-state index in [9.17, 15) is 8.42 Å². The molecule has 2 heterocycles. The summed E-state index contributed by atoms with van der Waals surface area (Å²) in [5.41, 5.74) is 0. The van der Waals surface area contributed by atoms with E-state index < -0.39 is 10.0 Å². The van der Waals surface area contributed by atoms with Crippen LogP contribution in [-0.2, 0) is 10.0 Å². The molecule has 0 aromatic carbocycles. The van der Waals surface area contributed by atoms with Crippen molar-refractivity contribution >= 4 is 21.4 Å². The summed E-state index contributed by atoms with van der Waals surface area (Å²) in [5, 5.41) is 0. The van der Waals surface area contributed by atoms with E-state index in [0.29, 0.717) is 16.7 Å². The molecule has 1 aromatic rings. The van der Waals surface area contributed by atoms with Crippen LogP contribution in [0.1, 0.15) is 18.2 Å². The van der Waals surface area contributed by atoms with Gasteiger partial charge in [-0.1, -0.05) is 6.92 Å². The van der Waals surface area contributed by atoms with Crippen LogP contribution >= 0.6 is 11.3 Å². The molecule has 0 aliphatic carbocycles. The average molecular weight is 288 g/mol. The van der Waals surface area contributed by atoms with E-state index >= 15 is 0 Å². The van der Waals surface area contributed by atoms with Crippen molar-refractivity contribution in [2.24, 2.45) is 5.92 Å². The van der Waals surface area contributed by atoms with Gasteiger partial charge in [-0.25, -0.2) is 13.1 Å². The molecule has 102 valence electrons. The van der Waals surface area contributed by atoms with Gasteiger partial charge < -0.3 is 4.90 Å². The number of hydrogen-bond acceptors (Lipinski definition) is 4. The lowest BCUT2D eigenvalue weighted by molar-refractivity contribution is 0.342. The third-order valence-corrected chi connectivity index (χ3v) is 6.28. The summed E-state index contributed by atoms with van der Waals surface area (Å²) < 4.78 is 27.2. The van der Waals surface area contributed by atoms with Crippen LogP contribution in [0, 0.1) is 12.8 Å². The van der Waals surface area contributed by atoms with Crippen LogP contribution < -0.4 is 4.72 Å². The van der Waals surface area contributed by atoms with Crippen molar-refractivity contribution in [2.45, 2.75) is 24.5 Å². The molecule has 6 heteroatoms. The third-order valence-electron chi connectivity index (χ3n) is 3.36. The van der Waals surface area contributed by atoms with Crippen LogP contribution in [0.5, 0.6) is 0 Å². The van der Waals surface area contributed by atoms with Gasteiger partial charge in [-0.15, -0.1) is 11.3 Å². The highest BCUT2D eigenvalue weighted by Gasteiger charge is 2.23. The summed E-state index contributed by atoms with van der Waals surface area (Å²) >= 11 is 1.32. The molecule has 0 spiro atoms. The number of thiophene rings is 1. The fraction of sp³-hybridized carbons (Fsp3) is 0.667. The molecule has 1 unspecified atom stereocenters. The van der Waals surface area contributed by atoms with Crippen LogP contribution in [0.15, 0.2) is 16.3 Å². The molecule has 1 aliphatic heterocycles. The zero-order valence-electron chi connectivity index (χ0n) is 10.8. The fourth-order valence-electron chi connectivity index (χ4n) is 2.22. The monoisotopic (exact) mass is 288 g/mol. The minimum atomic E-state index is -3.30. The largest absolute Gasteiger partial charge is 0.303 e. The number of nitrogens with one attached hydrogen (secondary N) is 1. The summed E-state index contributed by atoms with van der Waals surface area (Å²) in [7, 11) is -3.30. The van der Waals surface area contributed by atoms with Crippen LogP contribution in [0.4, 0.5) is 0 Å². The highest BCUT2D eigenvalue weighted by atomic mass is 32.2. The minimum absolute atomic E-state index is 0.422. The molecule has 0 radical (unpaired) electrons. The Morgan fingerprint density at radius 1 is 1.50 bits per heavy atom. The maximum atomic E-state index is 12.0. The van der Waals surface area contributed by atoms with Crippen LogP contribution in [-0.4, -0.2) is 39.5 Å². The van der Waals surface area contributed by atoms with Gasteiger partial charge in [0.2, 0.25) is 10.0 Å². The van der Waals surface area contributed by atoms with Crippen molar-refractivity contribution in [3.63, 3.8) is 0 Å². The van der Waals surface area contributed by atoms with Gasteiger partial charge in [0, 0.05) is 18.0 Å². The Hall–Kier alpha value is -0.430. The maximum absolute atomic E-state index is 12.0. The summed E-state index contributed by atoms with van der Waals surface area (Å²) in [6, 6.07) is 3.52. The summed E-state index contributed by atoms with van der Waals surface area (Å²) in [5.74, 6) is 0.445. The van der Waals surface area contributed by atoms with E-state index in [-0.39, 0.29) is 0 Å². The number of hydrogen-bond donors (Lipinski definition) is 1. The molecule has 2 rings (SSSR count). The third kappa shape index (κ3) is 3.32. The number of aryl methyl sites for hydroxylation is 1. The highest BCUT2D eigenvalue weighted by molar-refractivity contribution is 7.91. The quantitative estimate of drug-likeness (QED) is 0.897. The van der Waals surface area contributed by atoms with Crippen LogP contribution in [0.3, 0.4) is 0 Å². The zero-order chi connectivity index (χ0) is 13.2. The lowest BCUT2D eigenvalue weighted by Gasteiger charge is -2.13. The van der Waals surface area contributed by atoms with Gasteiger partial charge >= 0.3 is 0 Å². The first-order valence-electron chi connectivity index (χ1n) is 6.29. The molecular weight excluding hydrogens is 268 g/mol. The van der Waals surface area contributed by atoms with Gasteiger partial charge in [0.25, 0.3) is 0 Å². The van der Waals surface area contributed by atoms with E-state index in [4.69, 9.17) is 0 Å². The van der Waals surface area contributed by atoms with Gasteiger partial charge in [-0.3, -0.25) is 0 Å². The number of nitrogens with zero attached hydrogens (tertiary/aromatic N) is 1. The normalized spacial score (nSPS) is 21.6. The van der Waals surface area contributed by atoms with Crippen LogP contribution in [0.25, 0.3) is 0 Å². The molecule has 1 atom stereocenters. The topological polar surface area (TPSA) is 49.4 Å². The molecule has 0 bridgehead atoms. The Kier molecular flexibility index (Phi) is 4.42. The maximum Gasteiger partial charge on any atom is 0.250 e. The Morgan fingerprint density at radius 2 is 2.28 bits per heavy atom. The predicted molar refractivity (Wildman–Crippen MR) is 74.5 cm³/mol. The number of likely N-dealkylation sites (tertiary alicyclic amines) is 1. The van der Waals surface area contributed by atoms with E-state index in [1.165, 1.54) is 11.3 Å². The van der Waals surface area contributed by atoms with E-state index in [2.05, 4.69) is 16.5 Å². The summed E-state index contributed by atoms with van der Waals surface area (Å²) in [4.78, 5) is 3.38. The lowest BCUT2D eigenvalue weighted by Crippen LogP contribution is -2.30. The fourth-order valence-corrected chi connectivity index (χ4v) is 4.67. The van der Waals surface area contributed by atoms with Gasteiger partial charge in [-0.05, 0) is 44.5 Å². The molecule has 1 aromatic heterocycles.